The van der Waals surface area contributed by atoms with Gasteiger partial charge in [-0.3, -0.25) is 0 Å². The Morgan fingerprint density at radius 1 is 0.842 bits per heavy atom. The van der Waals surface area contributed by atoms with Gasteiger partial charge < -0.3 is 4.79 Å². The molecule has 5 fully saturated rings. The van der Waals surface area contributed by atoms with Crippen molar-refractivity contribution in [1.82, 2.24) is 0 Å². The van der Waals surface area contributed by atoms with E-state index in [9.17, 15) is 4.79 Å². The van der Waals surface area contributed by atoms with E-state index in [0.717, 1.165) is 12.7 Å². The number of aldehydes is 1. The van der Waals surface area contributed by atoms with Crippen LogP contribution in [-0.2, 0) is 4.79 Å². The Morgan fingerprint density at radius 3 is 1.84 bits per heavy atom. The summed E-state index contributed by atoms with van der Waals surface area (Å²) in [4.78, 5) is 7.49. The fourth-order valence-corrected chi connectivity index (χ4v) is 10.9. The van der Waals surface area contributed by atoms with Crippen LogP contribution in [0.15, 0.2) is 0 Å². The van der Waals surface area contributed by atoms with Crippen LogP contribution in [0.1, 0.15) is 6.42 Å². The first kappa shape index (κ1) is 12.9. The van der Waals surface area contributed by atoms with Gasteiger partial charge in [0.1, 0.15) is 16.0 Å². The number of carbonyl (C=O) groups excluding carboxylic acids is 1. The van der Waals surface area contributed by atoms with Crippen LogP contribution in [0.2, 0.25) is 0 Å². The van der Waals surface area contributed by atoms with Crippen molar-refractivity contribution >= 4 is 75.9 Å². The van der Waals surface area contributed by atoms with E-state index in [4.69, 9.17) is 69.6 Å². The molecule has 0 aromatic heterocycles. The lowest BCUT2D eigenvalue weighted by molar-refractivity contribution is -0.112. The van der Waals surface area contributed by atoms with Crippen LogP contribution < -0.4 is 0 Å². The monoisotopic (exact) mass is 378 g/mol. The van der Waals surface area contributed by atoms with Crippen molar-refractivity contribution in [3.8, 4) is 0 Å². The predicted molar refractivity (Wildman–Crippen MR) is 76.9 cm³/mol. The van der Waals surface area contributed by atoms with Gasteiger partial charge in [0.25, 0.3) is 0 Å². The summed E-state index contributed by atoms with van der Waals surface area (Å²) in [6.07, 6.45) is 1.70. The van der Waals surface area contributed by atoms with Crippen molar-refractivity contribution in [1.29, 1.82) is 0 Å². The lowest BCUT2D eigenvalue weighted by Gasteiger charge is -2.42. The smallest absolute Gasteiger partial charge is 0.160 e. The van der Waals surface area contributed by atoms with Gasteiger partial charge in [-0.15, -0.1) is 46.4 Å². The minimum Gasteiger partial charge on any atom is -0.303 e. The summed E-state index contributed by atoms with van der Waals surface area (Å²) >= 11 is 40.4. The first-order chi connectivity index (χ1) is 8.67. The highest BCUT2D eigenvalue weighted by atomic mass is 35.5. The molecular formula is C12H8Cl6O. The Hall–Kier alpha value is 1.41. The van der Waals surface area contributed by atoms with Gasteiger partial charge in [-0.2, -0.15) is 0 Å². The molecule has 19 heavy (non-hydrogen) atoms. The van der Waals surface area contributed by atoms with E-state index in [-0.39, 0.29) is 29.6 Å². The number of hydrogen-bond acceptors (Lipinski definition) is 1. The normalized spacial score (nSPS) is 76.6. The minimum absolute atomic E-state index is 0.00941. The standard InChI is InChI=1S/C12H8Cl6O/c13-8-5-3(2-19)1-4-6(5)9(14,12(8,17)18)11(16)7(4)10(8,11)15/h2-7H,1H2. The van der Waals surface area contributed by atoms with E-state index in [2.05, 4.69) is 0 Å². The predicted octanol–water partition coefficient (Wildman–Crippen LogP) is 3.81. The summed E-state index contributed by atoms with van der Waals surface area (Å²) in [5, 5.41) is 0. The largest absolute Gasteiger partial charge is 0.303 e. The van der Waals surface area contributed by atoms with Crippen molar-refractivity contribution in [3.63, 3.8) is 0 Å². The molecule has 0 aromatic rings. The highest BCUT2D eigenvalue weighted by molar-refractivity contribution is 6.66. The maximum absolute atomic E-state index is 11.4. The molecule has 7 heteroatoms. The zero-order chi connectivity index (χ0) is 13.8. The molecule has 0 heterocycles. The molecule has 9 atom stereocenters. The highest BCUT2D eigenvalue weighted by Crippen LogP contribution is 3.01. The van der Waals surface area contributed by atoms with Crippen LogP contribution in [0.25, 0.3) is 0 Å². The second-order valence-corrected chi connectivity index (χ2v) is 10.4. The fourth-order valence-electron chi connectivity index (χ4n) is 6.34. The molecular weight excluding hydrogens is 373 g/mol. The Balaban J connectivity index is 1.89. The number of fused-ring (bicyclic) bond motifs is 5. The molecule has 5 aliphatic rings. The van der Waals surface area contributed by atoms with Crippen molar-refractivity contribution in [2.75, 3.05) is 0 Å². The molecule has 0 spiro atoms. The van der Waals surface area contributed by atoms with Gasteiger partial charge in [0.2, 0.25) is 0 Å². The third-order valence-electron chi connectivity index (χ3n) is 6.65. The maximum Gasteiger partial charge on any atom is 0.160 e. The van der Waals surface area contributed by atoms with E-state index < -0.39 is 23.8 Å². The SMILES string of the molecule is O=CC1CC2C3C1C1(Cl)C(Cl)(Cl)C3(Cl)C3(Cl)C2C13Cl. The van der Waals surface area contributed by atoms with E-state index in [0.29, 0.717) is 0 Å². The van der Waals surface area contributed by atoms with Crippen LogP contribution in [-0.4, -0.2) is 30.1 Å². The van der Waals surface area contributed by atoms with Gasteiger partial charge in [-0.25, -0.2) is 0 Å². The van der Waals surface area contributed by atoms with Crippen molar-refractivity contribution < 1.29 is 4.79 Å². The number of hydrogen-bond donors (Lipinski definition) is 0. The van der Waals surface area contributed by atoms with Gasteiger partial charge in [0.05, 0.1) is 9.75 Å². The number of carbonyl (C=O) groups is 1. The van der Waals surface area contributed by atoms with E-state index in [1.165, 1.54) is 0 Å². The molecule has 5 aliphatic carbocycles. The minimum atomic E-state index is -1.41. The molecule has 0 aliphatic heterocycles. The average Bonchev–Trinajstić information content (AvgIpc) is 2.59. The number of halogens is 6. The lowest BCUT2D eigenvalue weighted by atomic mass is 9.73. The van der Waals surface area contributed by atoms with E-state index in [1.54, 1.807) is 0 Å². The number of alkyl halides is 6. The molecule has 0 amide bonds. The molecule has 5 saturated carbocycles. The molecule has 2 bridgehead atoms. The zero-order valence-corrected chi connectivity index (χ0v) is 13.9. The third kappa shape index (κ3) is 0.720. The molecule has 0 saturated heterocycles. The molecule has 0 radical (unpaired) electrons. The molecule has 1 nitrogen and oxygen atoms in total. The summed E-state index contributed by atoms with van der Waals surface area (Å²) in [7, 11) is 0. The van der Waals surface area contributed by atoms with Crippen molar-refractivity contribution in [3.05, 3.63) is 0 Å². The van der Waals surface area contributed by atoms with E-state index >= 15 is 0 Å². The molecule has 0 aromatic carbocycles. The van der Waals surface area contributed by atoms with Crippen LogP contribution >= 0.6 is 69.6 Å². The highest BCUT2D eigenvalue weighted by Gasteiger charge is 3.12. The maximum atomic E-state index is 11.4. The quantitative estimate of drug-likeness (QED) is 0.499. The Bertz CT molecular complexity index is 566. The third-order valence-corrected chi connectivity index (χ3v) is 11.9. The topological polar surface area (TPSA) is 17.1 Å². The van der Waals surface area contributed by atoms with Gasteiger partial charge >= 0.3 is 0 Å². The Labute approximate surface area is 140 Å². The molecule has 104 valence electrons. The molecule has 5 rings (SSSR count). The van der Waals surface area contributed by atoms with Crippen molar-refractivity contribution in [2.24, 2.45) is 29.6 Å². The van der Waals surface area contributed by atoms with Crippen LogP contribution in [0.3, 0.4) is 0 Å². The van der Waals surface area contributed by atoms with Gasteiger partial charge in [-0.1, -0.05) is 23.2 Å². The van der Waals surface area contributed by atoms with Gasteiger partial charge in [0, 0.05) is 11.8 Å². The second kappa shape index (κ2) is 2.81. The van der Waals surface area contributed by atoms with Crippen LogP contribution in [0.4, 0.5) is 0 Å². The van der Waals surface area contributed by atoms with Gasteiger partial charge in [-0.05, 0) is 24.2 Å². The lowest BCUT2D eigenvalue weighted by Crippen LogP contribution is -2.53. The number of rotatable bonds is 1. The van der Waals surface area contributed by atoms with Crippen LogP contribution in [0, 0.1) is 29.6 Å². The zero-order valence-electron chi connectivity index (χ0n) is 9.35. The summed E-state index contributed by atoms with van der Waals surface area (Å²) in [6.45, 7) is 0. The Morgan fingerprint density at radius 2 is 1.37 bits per heavy atom. The van der Waals surface area contributed by atoms with Crippen molar-refractivity contribution in [2.45, 2.75) is 30.3 Å². The van der Waals surface area contributed by atoms with E-state index in [1.807, 2.05) is 0 Å². The van der Waals surface area contributed by atoms with Gasteiger partial charge in [0.15, 0.2) is 4.33 Å². The first-order valence-corrected chi connectivity index (χ1v) is 8.53. The first-order valence-electron chi connectivity index (χ1n) is 6.26. The second-order valence-electron chi connectivity index (χ2n) is 6.65. The average molecular weight is 381 g/mol. The summed E-state index contributed by atoms with van der Waals surface area (Å²) in [6, 6.07) is 0. The summed E-state index contributed by atoms with van der Waals surface area (Å²) < 4.78 is -1.41. The summed E-state index contributed by atoms with van der Waals surface area (Å²) in [5.74, 6) is -0.143. The fraction of sp³-hybridized carbons (Fsp3) is 0.917. The molecule has 0 N–H and O–H groups in total. The summed E-state index contributed by atoms with van der Waals surface area (Å²) in [5.41, 5.74) is 0. The van der Waals surface area contributed by atoms with Crippen LogP contribution in [0.5, 0.6) is 0 Å². The Kier molecular flexibility index (Phi) is 1.91. The molecule has 9 unspecified atom stereocenters.